The van der Waals surface area contributed by atoms with Crippen molar-refractivity contribution >= 4 is 22.8 Å². The Morgan fingerprint density at radius 2 is 2.26 bits per heavy atom. The Morgan fingerprint density at radius 3 is 3.00 bits per heavy atom. The van der Waals surface area contributed by atoms with E-state index in [2.05, 4.69) is 15.5 Å². The van der Waals surface area contributed by atoms with Crippen molar-refractivity contribution in [3.8, 4) is 0 Å². The van der Waals surface area contributed by atoms with E-state index >= 15 is 0 Å². The summed E-state index contributed by atoms with van der Waals surface area (Å²) in [6.07, 6.45) is 1.64. The van der Waals surface area contributed by atoms with E-state index in [4.69, 9.17) is 4.74 Å². The topological polar surface area (TPSA) is 84.1 Å². The molecule has 0 saturated carbocycles. The molecule has 2 N–H and O–H groups in total. The number of carbonyl (C=O) groups is 2. The van der Waals surface area contributed by atoms with Crippen LogP contribution in [0.1, 0.15) is 24.2 Å². The number of carbonyl (C=O) groups excluding carboxylic acids is 2. The zero-order chi connectivity index (χ0) is 13.8. The highest BCUT2D eigenvalue weighted by molar-refractivity contribution is 5.99. The lowest BCUT2D eigenvalue weighted by atomic mass is 10.1. The summed E-state index contributed by atoms with van der Waals surface area (Å²) in [6, 6.07) is 4.49. The second-order valence-corrected chi connectivity index (χ2v) is 4.12. The van der Waals surface area contributed by atoms with Crippen molar-refractivity contribution in [1.82, 2.24) is 15.5 Å². The van der Waals surface area contributed by atoms with Crippen molar-refractivity contribution in [2.75, 3.05) is 6.61 Å². The summed E-state index contributed by atoms with van der Waals surface area (Å²) < 4.78 is 4.83. The largest absolute Gasteiger partial charge is 0.464 e. The van der Waals surface area contributed by atoms with E-state index < -0.39 is 12.0 Å². The van der Waals surface area contributed by atoms with Crippen LogP contribution in [0.3, 0.4) is 0 Å². The number of amides is 1. The van der Waals surface area contributed by atoms with Crippen LogP contribution >= 0.6 is 0 Å². The van der Waals surface area contributed by atoms with Gasteiger partial charge >= 0.3 is 5.97 Å². The van der Waals surface area contributed by atoms with Gasteiger partial charge < -0.3 is 10.1 Å². The maximum Gasteiger partial charge on any atom is 0.328 e. The molecule has 1 aromatic heterocycles. The molecule has 1 heterocycles. The van der Waals surface area contributed by atoms with Crippen LogP contribution in [-0.4, -0.2) is 34.7 Å². The predicted molar refractivity (Wildman–Crippen MR) is 69.7 cm³/mol. The first-order chi connectivity index (χ1) is 9.11. The molecule has 1 amide bonds. The Kier molecular flexibility index (Phi) is 3.79. The third-order valence-corrected chi connectivity index (χ3v) is 2.69. The number of H-pyrrole nitrogens is 1. The Balaban J connectivity index is 2.08. The van der Waals surface area contributed by atoms with Crippen LogP contribution in [0, 0.1) is 0 Å². The molecule has 0 aliphatic heterocycles. The molecular weight excluding hydrogens is 246 g/mol. The van der Waals surface area contributed by atoms with Crippen LogP contribution < -0.4 is 5.32 Å². The van der Waals surface area contributed by atoms with Crippen molar-refractivity contribution in [3.05, 3.63) is 30.0 Å². The van der Waals surface area contributed by atoms with E-state index in [9.17, 15) is 9.59 Å². The number of hydrogen-bond donors (Lipinski definition) is 2. The zero-order valence-corrected chi connectivity index (χ0v) is 10.8. The SMILES string of the molecule is CCOC(=O)C(C)NC(=O)c1ccc2[nH]ncc2c1. The van der Waals surface area contributed by atoms with Gasteiger partial charge in [0.25, 0.3) is 5.91 Å². The summed E-state index contributed by atoms with van der Waals surface area (Å²) in [5.41, 5.74) is 1.33. The summed E-state index contributed by atoms with van der Waals surface area (Å²) in [7, 11) is 0. The molecule has 6 heteroatoms. The van der Waals surface area contributed by atoms with E-state index in [1.54, 1.807) is 38.2 Å². The van der Waals surface area contributed by atoms with E-state index in [0.717, 1.165) is 10.9 Å². The minimum absolute atomic E-state index is 0.292. The van der Waals surface area contributed by atoms with Gasteiger partial charge in [-0.1, -0.05) is 0 Å². The fourth-order valence-electron chi connectivity index (χ4n) is 1.69. The molecule has 2 rings (SSSR count). The first kappa shape index (κ1) is 13.1. The molecule has 0 bridgehead atoms. The minimum Gasteiger partial charge on any atom is -0.464 e. The molecule has 0 fully saturated rings. The van der Waals surface area contributed by atoms with Gasteiger partial charge in [0.05, 0.1) is 18.3 Å². The van der Waals surface area contributed by atoms with Crippen LogP contribution in [-0.2, 0) is 9.53 Å². The Hall–Kier alpha value is -2.37. The number of aromatic nitrogens is 2. The van der Waals surface area contributed by atoms with E-state index in [-0.39, 0.29) is 5.91 Å². The summed E-state index contributed by atoms with van der Waals surface area (Å²) in [5.74, 6) is -0.760. The minimum atomic E-state index is -0.674. The maximum atomic E-state index is 12.0. The number of rotatable bonds is 4. The Morgan fingerprint density at radius 1 is 1.47 bits per heavy atom. The molecule has 0 spiro atoms. The summed E-state index contributed by atoms with van der Waals surface area (Å²) in [4.78, 5) is 23.4. The Labute approximate surface area is 110 Å². The molecule has 100 valence electrons. The van der Waals surface area contributed by atoms with E-state index in [1.807, 2.05) is 0 Å². The first-order valence-corrected chi connectivity index (χ1v) is 6.02. The van der Waals surface area contributed by atoms with Gasteiger partial charge in [0.1, 0.15) is 6.04 Å². The highest BCUT2D eigenvalue weighted by Gasteiger charge is 2.17. The second kappa shape index (κ2) is 5.51. The third kappa shape index (κ3) is 2.90. The average molecular weight is 261 g/mol. The molecule has 1 unspecified atom stereocenters. The number of ether oxygens (including phenoxy) is 1. The molecular formula is C13H15N3O3. The number of benzene rings is 1. The number of nitrogens with one attached hydrogen (secondary N) is 2. The molecule has 0 aliphatic carbocycles. The van der Waals surface area contributed by atoms with Gasteiger partial charge in [-0.3, -0.25) is 9.89 Å². The molecule has 1 aromatic carbocycles. The van der Waals surface area contributed by atoms with Crippen LogP contribution in [0.2, 0.25) is 0 Å². The monoisotopic (exact) mass is 261 g/mol. The fourth-order valence-corrected chi connectivity index (χ4v) is 1.69. The molecule has 0 saturated heterocycles. The highest BCUT2D eigenvalue weighted by atomic mass is 16.5. The van der Waals surface area contributed by atoms with Gasteiger partial charge in [-0.2, -0.15) is 5.10 Å². The average Bonchev–Trinajstić information content (AvgIpc) is 2.85. The van der Waals surface area contributed by atoms with Crippen LogP contribution in [0.15, 0.2) is 24.4 Å². The van der Waals surface area contributed by atoms with Gasteiger partial charge in [0.15, 0.2) is 0 Å². The van der Waals surface area contributed by atoms with Gasteiger partial charge in [0, 0.05) is 10.9 Å². The van der Waals surface area contributed by atoms with Crippen molar-refractivity contribution in [2.24, 2.45) is 0 Å². The normalized spacial score (nSPS) is 12.1. The number of fused-ring (bicyclic) bond motifs is 1. The first-order valence-electron chi connectivity index (χ1n) is 6.02. The van der Waals surface area contributed by atoms with Gasteiger partial charge in [0.2, 0.25) is 0 Å². The van der Waals surface area contributed by atoms with Crippen LogP contribution in [0.4, 0.5) is 0 Å². The zero-order valence-electron chi connectivity index (χ0n) is 10.8. The van der Waals surface area contributed by atoms with Crippen molar-refractivity contribution in [2.45, 2.75) is 19.9 Å². The predicted octanol–water partition coefficient (Wildman–Crippen LogP) is 1.24. The highest BCUT2D eigenvalue weighted by Crippen LogP contribution is 2.12. The van der Waals surface area contributed by atoms with Gasteiger partial charge in [-0.05, 0) is 32.0 Å². The van der Waals surface area contributed by atoms with Crippen molar-refractivity contribution in [1.29, 1.82) is 0 Å². The van der Waals surface area contributed by atoms with Gasteiger partial charge in [-0.15, -0.1) is 0 Å². The lowest BCUT2D eigenvalue weighted by Gasteiger charge is -2.12. The number of nitrogens with zero attached hydrogens (tertiary/aromatic N) is 1. The van der Waals surface area contributed by atoms with Crippen LogP contribution in [0.5, 0.6) is 0 Å². The maximum absolute atomic E-state index is 12.0. The van der Waals surface area contributed by atoms with Crippen molar-refractivity contribution in [3.63, 3.8) is 0 Å². The second-order valence-electron chi connectivity index (χ2n) is 4.12. The molecule has 0 aliphatic rings. The molecule has 1 atom stereocenters. The molecule has 2 aromatic rings. The quantitative estimate of drug-likeness (QED) is 0.811. The molecule has 19 heavy (non-hydrogen) atoms. The summed E-state index contributed by atoms with van der Waals surface area (Å²) in [6.45, 7) is 3.60. The third-order valence-electron chi connectivity index (χ3n) is 2.69. The van der Waals surface area contributed by atoms with Crippen molar-refractivity contribution < 1.29 is 14.3 Å². The Bertz CT molecular complexity index is 606. The van der Waals surface area contributed by atoms with E-state index in [1.165, 1.54) is 0 Å². The number of aromatic amines is 1. The smallest absolute Gasteiger partial charge is 0.328 e. The summed E-state index contributed by atoms with van der Waals surface area (Å²) in [5, 5.41) is 10.1. The number of esters is 1. The lowest BCUT2D eigenvalue weighted by molar-refractivity contribution is -0.144. The van der Waals surface area contributed by atoms with E-state index in [0.29, 0.717) is 12.2 Å². The summed E-state index contributed by atoms with van der Waals surface area (Å²) >= 11 is 0. The molecule has 6 nitrogen and oxygen atoms in total. The van der Waals surface area contributed by atoms with Crippen LogP contribution in [0.25, 0.3) is 10.9 Å². The molecule has 0 radical (unpaired) electrons. The van der Waals surface area contributed by atoms with Gasteiger partial charge in [-0.25, -0.2) is 4.79 Å². The number of hydrogen-bond acceptors (Lipinski definition) is 4. The lowest BCUT2D eigenvalue weighted by Crippen LogP contribution is -2.39. The standard InChI is InChI=1S/C13H15N3O3/c1-3-19-13(18)8(2)15-12(17)9-4-5-11-10(6-9)7-14-16-11/h4-8H,3H2,1-2H3,(H,14,16)(H,15,17). The fraction of sp³-hybridized carbons (Fsp3) is 0.308.